The number of hydrogen-bond acceptors (Lipinski definition) is 5. The zero-order valence-corrected chi connectivity index (χ0v) is 15.1. The number of piperidine rings is 1. The van der Waals surface area contributed by atoms with E-state index in [4.69, 9.17) is 5.73 Å². The molecular formula is C15H22ClN3O3S. The summed E-state index contributed by atoms with van der Waals surface area (Å²) in [5.41, 5.74) is 6.27. The Balaban J connectivity index is 0.00000264. The van der Waals surface area contributed by atoms with Crippen LogP contribution in [0.1, 0.15) is 30.6 Å². The number of carbonyl (C=O) groups is 1. The molecule has 0 saturated carbocycles. The lowest BCUT2D eigenvalue weighted by atomic mass is 9.79. The molecular weight excluding hydrogens is 338 g/mol. The molecule has 2 N–H and O–H groups in total. The van der Waals surface area contributed by atoms with Crippen molar-refractivity contribution in [2.24, 2.45) is 11.1 Å². The Bertz CT molecular complexity index is 610. The maximum Gasteiger partial charge on any atom is 0.283 e. The molecule has 1 aromatic rings. The first-order chi connectivity index (χ1) is 10.3. The molecule has 1 heterocycles. The highest BCUT2D eigenvalue weighted by atomic mass is 35.5. The normalized spacial score (nSPS) is 19.8. The van der Waals surface area contributed by atoms with Crippen molar-refractivity contribution in [1.29, 1.82) is 0 Å². The van der Waals surface area contributed by atoms with Gasteiger partial charge in [-0.15, -0.1) is 24.2 Å². The Morgan fingerprint density at radius 1 is 1.48 bits per heavy atom. The van der Waals surface area contributed by atoms with Gasteiger partial charge in [-0.3, -0.25) is 14.9 Å². The van der Waals surface area contributed by atoms with E-state index in [0.29, 0.717) is 23.5 Å². The van der Waals surface area contributed by atoms with E-state index in [1.165, 1.54) is 17.8 Å². The van der Waals surface area contributed by atoms with Crippen LogP contribution in [-0.4, -0.2) is 41.1 Å². The van der Waals surface area contributed by atoms with Crippen molar-refractivity contribution in [3.8, 4) is 0 Å². The number of rotatable bonds is 3. The lowest BCUT2D eigenvalue weighted by Gasteiger charge is -2.42. The number of nitrogens with zero attached hydrogens (tertiary/aromatic N) is 2. The molecule has 0 radical (unpaired) electrons. The molecule has 8 heteroatoms. The van der Waals surface area contributed by atoms with E-state index in [1.54, 1.807) is 23.3 Å². The Morgan fingerprint density at radius 2 is 2.13 bits per heavy atom. The van der Waals surface area contributed by atoms with Crippen molar-refractivity contribution < 1.29 is 9.72 Å². The van der Waals surface area contributed by atoms with E-state index >= 15 is 0 Å². The van der Waals surface area contributed by atoms with Gasteiger partial charge >= 0.3 is 0 Å². The molecule has 1 saturated heterocycles. The highest BCUT2D eigenvalue weighted by Gasteiger charge is 2.35. The van der Waals surface area contributed by atoms with Crippen LogP contribution in [0.25, 0.3) is 0 Å². The molecule has 1 aromatic carbocycles. The number of nitro groups is 1. The van der Waals surface area contributed by atoms with Gasteiger partial charge < -0.3 is 10.6 Å². The standard InChI is InChI=1S/C15H21N3O3S.ClH/c1-15(2)9-17(7-6-13(15)16)14(19)10-4-5-12(22-3)11(8-10)18(20)21;/h4-5,8,13H,6-7,9,16H2,1-3H3;1H. The molecule has 1 amide bonds. The van der Waals surface area contributed by atoms with E-state index in [-0.39, 0.29) is 35.5 Å². The van der Waals surface area contributed by atoms with E-state index < -0.39 is 4.92 Å². The van der Waals surface area contributed by atoms with Crippen LogP contribution in [0.5, 0.6) is 0 Å². The third-order valence-corrected chi connectivity index (χ3v) is 5.01. The minimum atomic E-state index is -0.446. The van der Waals surface area contributed by atoms with Gasteiger partial charge in [0.05, 0.1) is 9.82 Å². The van der Waals surface area contributed by atoms with Gasteiger partial charge in [-0.05, 0) is 30.2 Å². The molecule has 1 aliphatic rings. The largest absolute Gasteiger partial charge is 0.338 e. The van der Waals surface area contributed by atoms with Crippen molar-refractivity contribution in [3.05, 3.63) is 33.9 Å². The lowest BCUT2D eigenvalue weighted by molar-refractivity contribution is -0.387. The van der Waals surface area contributed by atoms with Gasteiger partial charge in [-0.25, -0.2) is 0 Å². The van der Waals surface area contributed by atoms with Crippen LogP contribution in [0.4, 0.5) is 5.69 Å². The minimum absolute atomic E-state index is 0. The van der Waals surface area contributed by atoms with Crippen LogP contribution < -0.4 is 5.73 Å². The Kier molecular flexibility index (Phi) is 6.44. The van der Waals surface area contributed by atoms with Crippen molar-refractivity contribution >= 4 is 35.8 Å². The predicted octanol–water partition coefficient (Wildman–Crippen LogP) is 2.94. The van der Waals surface area contributed by atoms with E-state index in [0.717, 1.165) is 6.42 Å². The number of nitrogens with two attached hydrogens (primary N) is 1. The number of hydrogen-bond donors (Lipinski definition) is 1. The van der Waals surface area contributed by atoms with Gasteiger partial charge in [0.1, 0.15) is 0 Å². The Morgan fingerprint density at radius 3 is 2.65 bits per heavy atom. The smallest absolute Gasteiger partial charge is 0.283 e. The van der Waals surface area contributed by atoms with Gasteiger partial charge in [0.15, 0.2) is 0 Å². The first kappa shape index (κ1) is 19.7. The summed E-state index contributed by atoms with van der Waals surface area (Å²) in [5, 5.41) is 11.1. The van der Waals surface area contributed by atoms with E-state index in [1.807, 2.05) is 13.8 Å². The molecule has 128 valence electrons. The van der Waals surface area contributed by atoms with Gasteiger partial charge in [-0.2, -0.15) is 0 Å². The topological polar surface area (TPSA) is 89.5 Å². The SMILES string of the molecule is CSc1ccc(C(=O)N2CCC(N)C(C)(C)C2)cc1[N+](=O)[O-].Cl. The molecule has 0 bridgehead atoms. The first-order valence-corrected chi connectivity index (χ1v) is 8.36. The van der Waals surface area contributed by atoms with Crippen molar-refractivity contribution in [3.63, 3.8) is 0 Å². The molecule has 0 aliphatic carbocycles. The van der Waals surface area contributed by atoms with Gasteiger partial charge in [0.25, 0.3) is 11.6 Å². The number of carbonyl (C=O) groups excluding carboxylic acids is 1. The number of halogens is 1. The zero-order valence-electron chi connectivity index (χ0n) is 13.4. The minimum Gasteiger partial charge on any atom is -0.338 e. The van der Waals surface area contributed by atoms with Crippen LogP contribution in [0, 0.1) is 15.5 Å². The van der Waals surface area contributed by atoms with Crippen molar-refractivity contribution in [2.45, 2.75) is 31.2 Å². The van der Waals surface area contributed by atoms with E-state index in [2.05, 4.69) is 0 Å². The number of amides is 1. The molecule has 1 unspecified atom stereocenters. The number of nitro benzene ring substituents is 1. The summed E-state index contributed by atoms with van der Waals surface area (Å²) in [7, 11) is 0. The van der Waals surface area contributed by atoms with Crippen molar-refractivity contribution in [2.75, 3.05) is 19.3 Å². The van der Waals surface area contributed by atoms with Gasteiger partial charge in [-0.1, -0.05) is 13.8 Å². The average molecular weight is 360 g/mol. The monoisotopic (exact) mass is 359 g/mol. The summed E-state index contributed by atoms with van der Waals surface area (Å²) in [6.45, 7) is 5.22. The predicted molar refractivity (Wildman–Crippen MR) is 94.4 cm³/mol. The van der Waals surface area contributed by atoms with Crippen LogP contribution in [0.2, 0.25) is 0 Å². The summed E-state index contributed by atoms with van der Waals surface area (Å²) in [6, 6.07) is 4.72. The summed E-state index contributed by atoms with van der Waals surface area (Å²) in [4.78, 5) is 25.6. The highest BCUT2D eigenvalue weighted by molar-refractivity contribution is 7.98. The first-order valence-electron chi connectivity index (χ1n) is 7.13. The molecule has 0 aromatic heterocycles. The van der Waals surface area contributed by atoms with Crippen LogP contribution in [0.3, 0.4) is 0 Å². The maximum atomic E-state index is 12.6. The summed E-state index contributed by atoms with van der Waals surface area (Å²) in [5.74, 6) is -0.171. The molecule has 0 spiro atoms. The quantitative estimate of drug-likeness (QED) is 0.509. The molecule has 1 fully saturated rings. The molecule has 1 atom stereocenters. The van der Waals surface area contributed by atoms with Gasteiger partial charge in [0, 0.05) is 30.8 Å². The lowest BCUT2D eigenvalue weighted by Crippen LogP contribution is -2.54. The van der Waals surface area contributed by atoms with Crippen LogP contribution >= 0.6 is 24.2 Å². The molecule has 2 rings (SSSR count). The fourth-order valence-electron chi connectivity index (χ4n) is 2.70. The molecule has 6 nitrogen and oxygen atoms in total. The second-order valence-corrected chi connectivity index (χ2v) is 7.10. The number of benzene rings is 1. The molecule has 1 aliphatic heterocycles. The van der Waals surface area contributed by atoms with Crippen LogP contribution in [-0.2, 0) is 0 Å². The average Bonchev–Trinajstić information content (AvgIpc) is 2.48. The van der Waals surface area contributed by atoms with E-state index in [9.17, 15) is 14.9 Å². The maximum absolute atomic E-state index is 12.6. The number of thioether (sulfide) groups is 1. The second-order valence-electron chi connectivity index (χ2n) is 6.25. The second kappa shape index (κ2) is 7.51. The zero-order chi connectivity index (χ0) is 16.5. The Labute approximate surface area is 146 Å². The highest BCUT2D eigenvalue weighted by Crippen LogP contribution is 2.31. The third kappa shape index (κ3) is 4.16. The summed E-state index contributed by atoms with van der Waals surface area (Å²) >= 11 is 1.30. The fraction of sp³-hybridized carbons (Fsp3) is 0.533. The number of likely N-dealkylation sites (tertiary alicyclic amines) is 1. The van der Waals surface area contributed by atoms with Crippen LogP contribution in [0.15, 0.2) is 23.1 Å². The Hall–Kier alpha value is -1.31. The third-order valence-electron chi connectivity index (χ3n) is 4.22. The summed E-state index contributed by atoms with van der Waals surface area (Å²) < 4.78 is 0. The fourth-order valence-corrected chi connectivity index (χ4v) is 3.24. The summed E-state index contributed by atoms with van der Waals surface area (Å²) in [6.07, 6.45) is 2.52. The van der Waals surface area contributed by atoms with Gasteiger partial charge in [0.2, 0.25) is 0 Å². The van der Waals surface area contributed by atoms with Crippen molar-refractivity contribution in [1.82, 2.24) is 4.90 Å². The molecule has 23 heavy (non-hydrogen) atoms.